The number of halogens is 2. The van der Waals surface area contributed by atoms with Gasteiger partial charge in [0.15, 0.2) is 0 Å². The first-order valence-corrected chi connectivity index (χ1v) is 7.02. The number of anilines is 1. The highest BCUT2D eigenvalue weighted by atomic mass is 35.5. The van der Waals surface area contributed by atoms with Gasteiger partial charge in [0.05, 0.1) is 24.1 Å². The van der Waals surface area contributed by atoms with Crippen molar-refractivity contribution in [2.75, 3.05) is 23.5 Å². The fourth-order valence-corrected chi connectivity index (χ4v) is 2.63. The maximum Gasteiger partial charge on any atom is 0.340 e. The zero-order valence-corrected chi connectivity index (χ0v) is 11.0. The summed E-state index contributed by atoms with van der Waals surface area (Å²) in [7, 11) is -2.56. The van der Waals surface area contributed by atoms with E-state index < -0.39 is 21.8 Å². The summed E-state index contributed by atoms with van der Waals surface area (Å²) in [6.07, 6.45) is 0. The van der Waals surface area contributed by atoms with Crippen LogP contribution in [0.25, 0.3) is 0 Å². The molecule has 100 valence electrons. The number of hydrogen-bond acceptors (Lipinski definition) is 4. The third kappa shape index (κ3) is 3.85. The van der Waals surface area contributed by atoms with E-state index in [0.29, 0.717) is 0 Å². The minimum Gasteiger partial charge on any atom is -0.465 e. The third-order valence-electron chi connectivity index (χ3n) is 2.00. The molecular formula is C10H11ClFNO4S. The van der Waals surface area contributed by atoms with Crippen LogP contribution in [0.15, 0.2) is 18.2 Å². The van der Waals surface area contributed by atoms with Crippen LogP contribution < -0.4 is 4.72 Å². The van der Waals surface area contributed by atoms with Crippen LogP contribution in [0.1, 0.15) is 10.4 Å². The zero-order valence-electron chi connectivity index (χ0n) is 9.44. The van der Waals surface area contributed by atoms with Crippen molar-refractivity contribution >= 4 is 33.3 Å². The number of hydrogen-bond donors (Lipinski definition) is 1. The summed E-state index contributed by atoms with van der Waals surface area (Å²) in [5, 5.41) is 0. The van der Waals surface area contributed by atoms with Crippen molar-refractivity contribution < 1.29 is 22.3 Å². The van der Waals surface area contributed by atoms with E-state index in [1.54, 1.807) is 0 Å². The molecule has 1 aromatic carbocycles. The van der Waals surface area contributed by atoms with E-state index in [0.717, 1.165) is 25.3 Å². The van der Waals surface area contributed by atoms with Gasteiger partial charge in [-0.15, -0.1) is 11.6 Å². The lowest BCUT2D eigenvalue weighted by atomic mass is 10.2. The molecule has 0 aliphatic carbocycles. The van der Waals surface area contributed by atoms with Crippen molar-refractivity contribution in [3.8, 4) is 0 Å². The Hall–Kier alpha value is -1.34. The van der Waals surface area contributed by atoms with Crippen LogP contribution in [0.2, 0.25) is 0 Å². The monoisotopic (exact) mass is 295 g/mol. The fourth-order valence-electron chi connectivity index (χ4n) is 1.20. The molecule has 5 nitrogen and oxygen atoms in total. The maximum atomic E-state index is 13.0. The summed E-state index contributed by atoms with van der Waals surface area (Å²) in [6, 6.07) is 3.07. The van der Waals surface area contributed by atoms with E-state index in [-0.39, 0.29) is 22.9 Å². The number of carbonyl (C=O) groups is 1. The molecule has 0 bridgehead atoms. The van der Waals surface area contributed by atoms with Gasteiger partial charge < -0.3 is 4.74 Å². The van der Waals surface area contributed by atoms with Crippen LogP contribution in [0.5, 0.6) is 0 Å². The second-order valence-corrected chi connectivity index (χ2v) is 5.51. The summed E-state index contributed by atoms with van der Waals surface area (Å²) in [4.78, 5) is 11.4. The van der Waals surface area contributed by atoms with Crippen molar-refractivity contribution in [3.05, 3.63) is 29.6 Å². The lowest BCUT2D eigenvalue weighted by molar-refractivity contribution is 0.0601. The van der Waals surface area contributed by atoms with Crippen molar-refractivity contribution in [2.24, 2.45) is 0 Å². The molecule has 1 aromatic rings. The SMILES string of the molecule is COC(=O)c1cc(F)ccc1NS(=O)(=O)CCCl. The summed E-state index contributed by atoms with van der Waals surface area (Å²) in [5.74, 6) is -1.91. The first-order valence-electron chi connectivity index (χ1n) is 4.84. The third-order valence-corrected chi connectivity index (χ3v) is 3.68. The number of benzene rings is 1. The number of sulfonamides is 1. The van der Waals surface area contributed by atoms with Gasteiger partial charge in [-0.3, -0.25) is 4.72 Å². The Bertz CT molecular complexity index is 547. The quantitative estimate of drug-likeness (QED) is 0.661. The highest BCUT2D eigenvalue weighted by molar-refractivity contribution is 7.92. The fraction of sp³-hybridized carbons (Fsp3) is 0.300. The molecule has 1 N–H and O–H groups in total. The first kappa shape index (κ1) is 14.7. The molecular weight excluding hydrogens is 285 g/mol. The molecule has 0 aromatic heterocycles. The van der Waals surface area contributed by atoms with Crippen LogP contribution in [0.3, 0.4) is 0 Å². The van der Waals surface area contributed by atoms with Gasteiger partial charge in [-0.2, -0.15) is 0 Å². The molecule has 0 saturated carbocycles. The Kier molecular flexibility index (Phi) is 4.92. The first-order chi connectivity index (χ1) is 8.39. The van der Waals surface area contributed by atoms with Gasteiger partial charge in [-0.25, -0.2) is 17.6 Å². The Morgan fingerprint density at radius 2 is 2.17 bits per heavy atom. The highest BCUT2D eigenvalue weighted by Crippen LogP contribution is 2.19. The molecule has 0 fully saturated rings. The van der Waals surface area contributed by atoms with E-state index in [1.807, 2.05) is 0 Å². The second-order valence-electron chi connectivity index (χ2n) is 3.29. The van der Waals surface area contributed by atoms with Crippen LogP contribution in [0, 0.1) is 5.82 Å². The number of alkyl halides is 1. The van der Waals surface area contributed by atoms with Gasteiger partial charge in [-0.1, -0.05) is 0 Å². The van der Waals surface area contributed by atoms with Gasteiger partial charge >= 0.3 is 5.97 Å². The molecule has 0 radical (unpaired) electrons. The Morgan fingerprint density at radius 3 is 2.72 bits per heavy atom. The van der Waals surface area contributed by atoms with Crippen LogP contribution in [0.4, 0.5) is 10.1 Å². The van der Waals surface area contributed by atoms with Crippen LogP contribution in [-0.4, -0.2) is 33.1 Å². The van der Waals surface area contributed by atoms with Gasteiger partial charge in [0, 0.05) is 5.88 Å². The maximum absolute atomic E-state index is 13.0. The number of esters is 1. The van der Waals surface area contributed by atoms with Crippen molar-refractivity contribution in [1.82, 2.24) is 0 Å². The predicted molar refractivity (Wildman–Crippen MR) is 65.9 cm³/mol. The standard InChI is InChI=1S/C10H11ClFNO4S/c1-17-10(14)8-6-7(12)2-3-9(8)13-18(15,16)5-4-11/h2-3,6,13H,4-5H2,1H3. The molecule has 0 spiro atoms. The molecule has 18 heavy (non-hydrogen) atoms. The summed E-state index contributed by atoms with van der Waals surface area (Å²) >= 11 is 5.34. The van der Waals surface area contributed by atoms with Crippen molar-refractivity contribution in [1.29, 1.82) is 0 Å². The van der Waals surface area contributed by atoms with E-state index in [4.69, 9.17) is 11.6 Å². The summed E-state index contributed by atoms with van der Waals surface area (Å²) in [5.41, 5.74) is -0.246. The van der Waals surface area contributed by atoms with E-state index >= 15 is 0 Å². The Labute approximate surface area is 109 Å². The topological polar surface area (TPSA) is 72.5 Å². The molecule has 0 amide bonds. The van der Waals surface area contributed by atoms with Crippen molar-refractivity contribution in [2.45, 2.75) is 0 Å². The molecule has 0 saturated heterocycles. The van der Waals surface area contributed by atoms with E-state index in [1.165, 1.54) is 0 Å². The van der Waals surface area contributed by atoms with Crippen LogP contribution >= 0.6 is 11.6 Å². The lowest BCUT2D eigenvalue weighted by Crippen LogP contribution is -2.19. The number of methoxy groups -OCH3 is 1. The highest BCUT2D eigenvalue weighted by Gasteiger charge is 2.17. The Morgan fingerprint density at radius 1 is 1.50 bits per heavy atom. The Balaban J connectivity index is 3.13. The number of ether oxygens (including phenoxy) is 1. The minimum atomic E-state index is -3.67. The lowest BCUT2D eigenvalue weighted by Gasteiger charge is -2.10. The molecule has 0 aliphatic heterocycles. The average molecular weight is 296 g/mol. The summed E-state index contributed by atoms with van der Waals surface area (Å²) < 4.78 is 42.6. The average Bonchev–Trinajstić information content (AvgIpc) is 2.30. The normalized spacial score (nSPS) is 11.1. The van der Waals surface area contributed by atoms with E-state index in [9.17, 15) is 17.6 Å². The smallest absolute Gasteiger partial charge is 0.340 e. The molecule has 0 unspecified atom stereocenters. The second kappa shape index (κ2) is 6.01. The largest absolute Gasteiger partial charge is 0.465 e. The van der Waals surface area contributed by atoms with Gasteiger partial charge in [0.1, 0.15) is 5.82 Å². The minimum absolute atomic E-state index is 0.0478. The van der Waals surface area contributed by atoms with E-state index in [2.05, 4.69) is 9.46 Å². The van der Waals surface area contributed by atoms with Crippen LogP contribution in [-0.2, 0) is 14.8 Å². The molecule has 8 heteroatoms. The van der Waals surface area contributed by atoms with Gasteiger partial charge in [0.25, 0.3) is 0 Å². The summed E-state index contributed by atoms with van der Waals surface area (Å²) in [6.45, 7) is 0. The molecule has 0 aliphatic rings. The number of rotatable bonds is 5. The number of nitrogens with one attached hydrogen (secondary N) is 1. The van der Waals surface area contributed by atoms with Gasteiger partial charge in [0.2, 0.25) is 10.0 Å². The zero-order chi connectivity index (χ0) is 13.8. The van der Waals surface area contributed by atoms with Gasteiger partial charge in [-0.05, 0) is 18.2 Å². The van der Waals surface area contributed by atoms with Crippen molar-refractivity contribution in [3.63, 3.8) is 0 Å². The molecule has 0 heterocycles. The molecule has 1 rings (SSSR count). The number of carbonyl (C=O) groups excluding carboxylic acids is 1. The molecule has 0 atom stereocenters. The predicted octanol–water partition coefficient (Wildman–Crippen LogP) is 1.59.